The Kier molecular flexibility index (Phi) is 6.26. The summed E-state index contributed by atoms with van der Waals surface area (Å²) in [6, 6.07) is 17.0. The van der Waals surface area contributed by atoms with Crippen LogP contribution in [0, 0.1) is 0 Å². The highest BCUT2D eigenvalue weighted by molar-refractivity contribution is 6.32. The Hall–Kier alpha value is -2.92. The van der Waals surface area contributed by atoms with Gasteiger partial charge in [0, 0.05) is 12.1 Å². The molecular weight excluding hydrogens is 378 g/mol. The summed E-state index contributed by atoms with van der Waals surface area (Å²) in [4.78, 5) is 12.8. The minimum Gasteiger partial charge on any atom is -0.495 e. The first-order valence-corrected chi connectivity index (χ1v) is 9.31. The Bertz CT molecular complexity index is 989. The highest BCUT2D eigenvalue weighted by atomic mass is 35.5. The first kappa shape index (κ1) is 19.8. The van der Waals surface area contributed by atoms with E-state index >= 15 is 0 Å². The number of rotatable bonds is 7. The van der Waals surface area contributed by atoms with E-state index in [1.165, 1.54) is 14.2 Å². The van der Waals surface area contributed by atoms with Crippen molar-refractivity contribution in [1.29, 1.82) is 0 Å². The van der Waals surface area contributed by atoms with Gasteiger partial charge in [-0.1, -0.05) is 48.9 Å². The summed E-state index contributed by atoms with van der Waals surface area (Å²) in [7, 11) is 3.02. The predicted molar refractivity (Wildman–Crippen MR) is 112 cm³/mol. The molecular formula is C22H22ClNO4. The molecule has 0 aliphatic rings. The van der Waals surface area contributed by atoms with E-state index in [9.17, 15) is 4.79 Å². The summed E-state index contributed by atoms with van der Waals surface area (Å²) in [6.45, 7) is 1.89. The maximum absolute atomic E-state index is 12.8. The maximum atomic E-state index is 12.8. The Labute approximate surface area is 169 Å². The second kappa shape index (κ2) is 8.85. The Balaban J connectivity index is 1.79. The summed E-state index contributed by atoms with van der Waals surface area (Å²) < 4.78 is 16.5. The van der Waals surface area contributed by atoms with Gasteiger partial charge in [0.05, 0.1) is 24.9 Å². The number of carbonyl (C=O) groups excluding carboxylic acids is 1. The molecule has 0 fully saturated rings. The highest BCUT2D eigenvalue weighted by Crippen LogP contribution is 2.36. The predicted octanol–water partition coefficient (Wildman–Crippen LogP) is 5.31. The van der Waals surface area contributed by atoms with E-state index in [1.54, 1.807) is 12.1 Å². The van der Waals surface area contributed by atoms with Crippen LogP contribution in [0.3, 0.4) is 0 Å². The lowest BCUT2D eigenvalue weighted by Gasteiger charge is -2.19. The zero-order valence-electron chi connectivity index (χ0n) is 16.0. The minimum absolute atomic E-state index is 0.279. The van der Waals surface area contributed by atoms with Crippen LogP contribution in [0.4, 0.5) is 5.69 Å². The number of carbonyl (C=O) groups is 1. The lowest BCUT2D eigenvalue weighted by molar-refractivity contribution is -0.122. The third kappa shape index (κ3) is 4.31. The Morgan fingerprint density at radius 2 is 1.71 bits per heavy atom. The van der Waals surface area contributed by atoms with E-state index in [1.807, 2.05) is 49.4 Å². The van der Waals surface area contributed by atoms with E-state index in [2.05, 4.69) is 5.32 Å². The molecule has 6 heteroatoms. The topological polar surface area (TPSA) is 56.8 Å². The summed E-state index contributed by atoms with van der Waals surface area (Å²) in [5.74, 6) is 1.25. The molecule has 28 heavy (non-hydrogen) atoms. The van der Waals surface area contributed by atoms with Crippen LogP contribution in [-0.4, -0.2) is 26.2 Å². The van der Waals surface area contributed by atoms with Gasteiger partial charge < -0.3 is 19.5 Å². The van der Waals surface area contributed by atoms with Crippen LogP contribution in [0.5, 0.6) is 17.2 Å². The van der Waals surface area contributed by atoms with Gasteiger partial charge in [0.2, 0.25) is 0 Å². The number of nitrogens with one attached hydrogen (secondary N) is 1. The number of fused-ring (bicyclic) bond motifs is 1. The van der Waals surface area contributed by atoms with Crippen molar-refractivity contribution in [2.45, 2.75) is 19.4 Å². The molecule has 5 nitrogen and oxygen atoms in total. The second-order valence-corrected chi connectivity index (χ2v) is 6.61. The third-order valence-corrected chi connectivity index (χ3v) is 4.69. The van der Waals surface area contributed by atoms with Crippen LogP contribution in [0.1, 0.15) is 13.3 Å². The van der Waals surface area contributed by atoms with Gasteiger partial charge in [0.25, 0.3) is 5.91 Å². The largest absolute Gasteiger partial charge is 0.495 e. The quantitative estimate of drug-likeness (QED) is 0.585. The summed E-state index contributed by atoms with van der Waals surface area (Å²) >= 11 is 6.12. The van der Waals surface area contributed by atoms with Crippen molar-refractivity contribution in [2.24, 2.45) is 0 Å². The lowest BCUT2D eigenvalue weighted by atomic mass is 10.1. The van der Waals surface area contributed by atoms with E-state index in [-0.39, 0.29) is 5.91 Å². The average molecular weight is 400 g/mol. The molecule has 0 aliphatic heterocycles. The Morgan fingerprint density at radius 3 is 2.39 bits per heavy atom. The van der Waals surface area contributed by atoms with Gasteiger partial charge in [0.1, 0.15) is 17.2 Å². The molecule has 1 amide bonds. The molecule has 1 atom stereocenters. The minimum atomic E-state index is -0.660. The fourth-order valence-electron chi connectivity index (χ4n) is 2.90. The van der Waals surface area contributed by atoms with Crippen molar-refractivity contribution in [3.8, 4) is 17.2 Å². The van der Waals surface area contributed by atoms with Gasteiger partial charge in [0.15, 0.2) is 6.10 Å². The van der Waals surface area contributed by atoms with Crippen LogP contribution in [0.25, 0.3) is 10.8 Å². The number of halogens is 1. The van der Waals surface area contributed by atoms with E-state index < -0.39 is 6.10 Å². The number of ether oxygens (including phenoxy) is 3. The smallest absolute Gasteiger partial charge is 0.265 e. The molecule has 0 bridgehead atoms. The van der Waals surface area contributed by atoms with E-state index in [0.717, 1.165) is 10.8 Å². The number of amides is 1. The Morgan fingerprint density at radius 1 is 1.00 bits per heavy atom. The SMILES string of the molecule is CC[C@@H](Oc1ccc2ccccc2c1)C(=O)Nc1cc(OC)c(Cl)cc1OC. The van der Waals surface area contributed by atoms with Crippen molar-refractivity contribution in [2.75, 3.05) is 19.5 Å². The van der Waals surface area contributed by atoms with Crippen molar-refractivity contribution < 1.29 is 19.0 Å². The fraction of sp³-hybridized carbons (Fsp3) is 0.227. The standard InChI is InChI=1S/C22H22ClNO4/c1-4-19(28-16-10-9-14-7-5-6-8-15(14)11-16)22(25)24-18-13-20(26-2)17(23)12-21(18)27-3/h5-13,19H,4H2,1-3H3,(H,24,25)/t19-/m1/s1. The molecule has 0 aromatic heterocycles. The van der Waals surface area contributed by atoms with Crippen LogP contribution in [0.15, 0.2) is 54.6 Å². The first-order valence-electron chi connectivity index (χ1n) is 8.93. The molecule has 3 aromatic carbocycles. The van der Waals surface area contributed by atoms with Gasteiger partial charge in [-0.2, -0.15) is 0 Å². The summed E-state index contributed by atoms with van der Waals surface area (Å²) in [6.07, 6.45) is -0.154. The average Bonchev–Trinajstić information content (AvgIpc) is 2.72. The second-order valence-electron chi connectivity index (χ2n) is 6.20. The zero-order chi connectivity index (χ0) is 20.1. The maximum Gasteiger partial charge on any atom is 0.265 e. The van der Waals surface area contributed by atoms with Gasteiger partial charge >= 0.3 is 0 Å². The molecule has 0 saturated carbocycles. The van der Waals surface area contributed by atoms with Crippen molar-refractivity contribution in [1.82, 2.24) is 0 Å². The number of hydrogen-bond acceptors (Lipinski definition) is 4. The monoisotopic (exact) mass is 399 g/mol. The van der Waals surface area contributed by atoms with Crippen LogP contribution < -0.4 is 19.5 Å². The molecule has 0 heterocycles. The number of hydrogen-bond donors (Lipinski definition) is 1. The molecule has 0 unspecified atom stereocenters. The fourth-order valence-corrected chi connectivity index (χ4v) is 3.13. The normalized spacial score (nSPS) is 11.7. The molecule has 3 rings (SSSR count). The summed E-state index contributed by atoms with van der Waals surface area (Å²) in [5, 5.41) is 5.42. The van der Waals surface area contributed by atoms with E-state index in [0.29, 0.717) is 34.4 Å². The number of anilines is 1. The third-order valence-electron chi connectivity index (χ3n) is 4.39. The lowest BCUT2D eigenvalue weighted by Crippen LogP contribution is -2.32. The highest BCUT2D eigenvalue weighted by Gasteiger charge is 2.21. The van der Waals surface area contributed by atoms with E-state index in [4.69, 9.17) is 25.8 Å². The summed E-state index contributed by atoms with van der Waals surface area (Å²) in [5.41, 5.74) is 0.467. The van der Waals surface area contributed by atoms with Crippen LogP contribution in [0.2, 0.25) is 5.02 Å². The van der Waals surface area contributed by atoms with Crippen molar-refractivity contribution >= 4 is 34.0 Å². The molecule has 0 spiro atoms. The van der Waals surface area contributed by atoms with Crippen molar-refractivity contribution in [3.63, 3.8) is 0 Å². The van der Waals surface area contributed by atoms with Crippen LogP contribution >= 0.6 is 11.6 Å². The van der Waals surface area contributed by atoms with Gasteiger partial charge in [-0.25, -0.2) is 0 Å². The number of methoxy groups -OCH3 is 2. The zero-order valence-corrected chi connectivity index (χ0v) is 16.7. The molecule has 146 valence electrons. The molecule has 1 N–H and O–H groups in total. The van der Waals surface area contributed by atoms with Gasteiger partial charge in [-0.15, -0.1) is 0 Å². The van der Waals surface area contributed by atoms with Gasteiger partial charge in [-0.05, 0) is 29.3 Å². The molecule has 0 aliphatic carbocycles. The molecule has 0 saturated heterocycles. The number of benzene rings is 3. The first-order chi connectivity index (χ1) is 13.5. The van der Waals surface area contributed by atoms with Crippen LogP contribution in [-0.2, 0) is 4.79 Å². The van der Waals surface area contributed by atoms with Gasteiger partial charge in [-0.3, -0.25) is 4.79 Å². The molecule has 0 radical (unpaired) electrons. The van der Waals surface area contributed by atoms with Crippen molar-refractivity contribution in [3.05, 3.63) is 59.6 Å². The molecule has 3 aromatic rings.